The molecule has 0 bridgehead atoms. The fourth-order valence-electron chi connectivity index (χ4n) is 2.50. The average molecular weight is 299 g/mol. The largest absolute Gasteiger partial charge is 0.324 e. The molecule has 0 atom stereocenters. The van der Waals surface area contributed by atoms with E-state index >= 15 is 0 Å². The lowest BCUT2D eigenvalue weighted by atomic mass is 10.2. The molecule has 3 aromatic rings. The van der Waals surface area contributed by atoms with Gasteiger partial charge in [-0.1, -0.05) is 6.92 Å². The highest BCUT2D eigenvalue weighted by molar-refractivity contribution is 5.82. The summed E-state index contributed by atoms with van der Waals surface area (Å²) < 4.78 is 15.1. The van der Waals surface area contributed by atoms with Gasteiger partial charge in [-0.25, -0.2) is 9.37 Å². The number of halogens is 1. The average Bonchev–Trinajstić information content (AvgIpc) is 2.86. The highest BCUT2D eigenvalue weighted by atomic mass is 19.1. The molecule has 0 spiro atoms. The molecule has 6 heteroatoms. The summed E-state index contributed by atoms with van der Waals surface area (Å²) in [5.41, 5.74) is 2.21. The number of aromatic nitrogens is 2. The van der Waals surface area contributed by atoms with Crippen molar-refractivity contribution in [2.75, 3.05) is 0 Å². The number of imidazole rings is 1. The Kier molecular flexibility index (Phi) is 3.58. The molecule has 0 saturated carbocycles. The molecular formula is C16H14FN3O2. The lowest BCUT2D eigenvalue weighted by Gasteiger charge is -2.07. The maximum Gasteiger partial charge on any atom is 0.271 e. The summed E-state index contributed by atoms with van der Waals surface area (Å²) in [7, 11) is 0. The third-order valence-electron chi connectivity index (χ3n) is 3.49. The van der Waals surface area contributed by atoms with Crippen LogP contribution in [0.15, 0.2) is 42.5 Å². The summed E-state index contributed by atoms with van der Waals surface area (Å²) in [4.78, 5) is 15.0. The van der Waals surface area contributed by atoms with Gasteiger partial charge in [-0.05, 0) is 36.8 Å². The maximum absolute atomic E-state index is 13.1. The minimum absolute atomic E-state index is 0.0132. The molecule has 1 heterocycles. The molecule has 0 aliphatic heterocycles. The summed E-state index contributed by atoms with van der Waals surface area (Å²) in [6, 6.07) is 10.7. The SMILES string of the molecule is CCCn1c(-c2ccc(F)cc2)nc2cc([N+](=O)[O-])ccc21. The first-order valence-electron chi connectivity index (χ1n) is 7.00. The van der Waals surface area contributed by atoms with Gasteiger partial charge in [0, 0.05) is 24.2 Å². The van der Waals surface area contributed by atoms with Gasteiger partial charge in [-0.3, -0.25) is 10.1 Å². The number of aryl methyl sites for hydroxylation is 1. The molecule has 0 saturated heterocycles. The van der Waals surface area contributed by atoms with Crippen molar-refractivity contribution in [2.45, 2.75) is 19.9 Å². The van der Waals surface area contributed by atoms with E-state index in [2.05, 4.69) is 4.98 Å². The number of fused-ring (bicyclic) bond motifs is 1. The van der Waals surface area contributed by atoms with Gasteiger partial charge in [0.1, 0.15) is 11.6 Å². The Hall–Kier alpha value is -2.76. The minimum atomic E-state index is -0.435. The third kappa shape index (κ3) is 2.43. The van der Waals surface area contributed by atoms with E-state index in [9.17, 15) is 14.5 Å². The minimum Gasteiger partial charge on any atom is -0.324 e. The number of non-ortho nitro benzene ring substituents is 1. The van der Waals surface area contributed by atoms with Crippen LogP contribution < -0.4 is 0 Å². The van der Waals surface area contributed by atoms with E-state index in [-0.39, 0.29) is 11.5 Å². The first-order valence-corrected chi connectivity index (χ1v) is 7.00. The summed E-state index contributed by atoms with van der Waals surface area (Å²) in [6.07, 6.45) is 0.899. The smallest absolute Gasteiger partial charge is 0.271 e. The summed E-state index contributed by atoms with van der Waals surface area (Å²) >= 11 is 0. The molecule has 0 amide bonds. The second kappa shape index (κ2) is 5.55. The zero-order chi connectivity index (χ0) is 15.7. The Labute approximate surface area is 126 Å². The van der Waals surface area contributed by atoms with Crippen molar-refractivity contribution < 1.29 is 9.31 Å². The monoisotopic (exact) mass is 299 g/mol. The predicted octanol–water partition coefficient (Wildman–Crippen LogP) is 4.16. The van der Waals surface area contributed by atoms with Crippen molar-refractivity contribution in [3.8, 4) is 11.4 Å². The van der Waals surface area contributed by atoms with E-state index in [0.29, 0.717) is 11.3 Å². The number of hydrogen-bond donors (Lipinski definition) is 0. The molecule has 0 fully saturated rings. The van der Waals surface area contributed by atoms with Gasteiger partial charge >= 0.3 is 0 Å². The summed E-state index contributed by atoms with van der Waals surface area (Å²) in [5, 5.41) is 10.9. The fourth-order valence-corrected chi connectivity index (χ4v) is 2.50. The number of nitro benzene ring substituents is 1. The van der Waals surface area contributed by atoms with Gasteiger partial charge in [-0.15, -0.1) is 0 Å². The second-order valence-electron chi connectivity index (χ2n) is 5.02. The quantitative estimate of drug-likeness (QED) is 0.537. The van der Waals surface area contributed by atoms with Crippen LogP contribution in [0.4, 0.5) is 10.1 Å². The molecule has 0 aliphatic carbocycles. The van der Waals surface area contributed by atoms with Gasteiger partial charge < -0.3 is 4.57 Å². The van der Waals surface area contributed by atoms with Crippen LogP contribution in [0.5, 0.6) is 0 Å². The Morgan fingerprint density at radius 2 is 1.95 bits per heavy atom. The summed E-state index contributed by atoms with van der Waals surface area (Å²) in [5.74, 6) is 0.384. The standard InChI is InChI=1S/C16H14FN3O2/c1-2-9-19-15-8-7-13(20(21)22)10-14(15)18-16(19)11-3-5-12(17)6-4-11/h3-8,10H,2,9H2,1H3. The van der Waals surface area contributed by atoms with Crippen LogP contribution in [0, 0.1) is 15.9 Å². The van der Waals surface area contributed by atoms with Gasteiger partial charge in [0.15, 0.2) is 0 Å². The van der Waals surface area contributed by atoms with Crippen LogP contribution in [-0.4, -0.2) is 14.5 Å². The zero-order valence-electron chi connectivity index (χ0n) is 12.0. The van der Waals surface area contributed by atoms with Gasteiger partial charge in [-0.2, -0.15) is 0 Å². The zero-order valence-corrected chi connectivity index (χ0v) is 12.0. The molecule has 112 valence electrons. The Morgan fingerprint density at radius 3 is 2.59 bits per heavy atom. The molecule has 0 N–H and O–H groups in total. The van der Waals surface area contributed by atoms with Gasteiger partial charge in [0.05, 0.1) is 16.0 Å². The lowest BCUT2D eigenvalue weighted by Crippen LogP contribution is -1.99. The first kappa shape index (κ1) is 14.2. The topological polar surface area (TPSA) is 61.0 Å². The number of rotatable bonds is 4. The lowest BCUT2D eigenvalue weighted by molar-refractivity contribution is -0.384. The van der Waals surface area contributed by atoms with Crippen molar-refractivity contribution in [3.63, 3.8) is 0 Å². The van der Waals surface area contributed by atoms with Gasteiger partial charge in [0.2, 0.25) is 0 Å². The number of benzene rings is 2. The second-order valence-corrected chi connectivity index (χ2v) is 5.02. The molecule has 5 nitrogen and oxygen atoms in total. The van der Waals surface area contributed by atoms with Gasteiger partial charge in [0.25, 0.3) is 5.69 Å². The fraction of sp³-hybridized carbons (Fsp3) is 0.188. The Morgan fingerprint density at radius 1 is 1.23 bits per heavy atom. The van der Waals surface area contributed by atoms with Crippen LogP contribution in [0.2, 0.25) is 0 Å². The highest BCUT2D eigenvalue weighted by Crippen LogP contribution is 2.27. The first-order chi connectivity index (χ1) is 10.6. The molecule has 3 rings (SSSR count). The molecular weight excluding hydrogens is 285 g/mol. The molecule has 0 aliphatic rings. The van der Waals surface area contributed by atoms with E-state index in [0.717, 1.165) is 24.0 Å². The maximum atomic E-state index is 13.1. The van der Waals surface area contributed by atoms with E-state index in [1.165, 1.54) is 24.3 Å². The molecule has 0 unspecified atom stereocenters. The number of nitrogens with zero attached hydrogens (tertiary/aromatic N) is 3. The Balaban J connectivity index is 2.21. The molecule has 2 aromatic carbocycles. The number of hydrogen-bond acceptors (Lipinski definition) is 3. The van der Waals surface area contributed by atoms with E-state index < -0.39 is 4.92 Å². The van der Waals surface area contributed by atoms with Crippen molar-refractivity contribution in [1.29, 1.82) is 0 Å². The van der Waals surface area contributed by atoms with E-state index in [1.807, 2.05) is 11.5 Å². The van der Waals surface area contributed by atoms with Crippen molar-refractivity contribution in [1.82, 2.24) is 9.55 Å². The van der Waals surface area contributed by atoms with Crippen molar-refractivity contribution >= 4 is 16.7 Å². The molecule has 22 heavy (non-hydrogen) atoms. The predicted molar refractivity (Wildman–Crippen MR) is 82.1 cm³/mol. The third-order valence-corrected chi connectivity index (χ3v) is 3.49. The van der Waals surface area contributed by atoms with Crippen LogP contribution in [0.1, 0.15) is 13.3 Å². The summed E-state index contributed by atoms with van der Waals surface area (Å²) in [6.45, 7) is 2.78. The normalized spacial score (nSPS) is 11.0. The van der Waals surface area contributed by atoms with E-state index in [1.54, 1.807) is 18.2 Å². The van der Waals surface area contributed by atoms with Crippen molar-refractivity contribution in [2.24, 2.45) is 0 Å². The van der Waals surface area contributed by atoms with E-state index in [4.69, 9.17) is 0 Å². The highest BCUT2D eigenvalue weighted by Gasteiger charge is 2.15. The van der Waals surface area contributed by atoms with Crippen LogP contribution in [0.25, 0.3) is 22.4 Å². The Bertz CT molecular complexity index is 840. The van der Waals surface area contributed by atoms with Crippen LogP contribution >= 0.6 is 0 Å². The van der Waals surface area contributed by atoms with Crippen LogP contribution in [0.3, 0.4) is 0 Å². The van der Waals surface area contributed by atoms with Crippen LogP contribution in [-0.2, 0) is 6.54 Å². The molecule has 1 aromatic heterocycles. The van der Waals surface area contributed by atoms with Crippen molar-refractivity contribution in [3.05, 3.63) is 58.4 Å². The number of nitro groups is 1. The molecule has 0 radical (unpaired) electrons.